The molecule has 1 unspecified atom stereocenters. The number of nitrogens with two attached hydrogens (primary N) is 1. The molecule has 116 valence electrons. The standard InChI is InChI=1S/C14H19N3OS2.ClH/c1-4-5-10(15)13(18)17-14-16-12(9(3)20-14)11-7-6-8(2)19-11;/h6-7,10H,4-5,15H2,1-3H3,(H,16,17,18);1H. The number of aromatic nitrogens is 1. The van der Waals surface area contributed by atoms with Crippen molar-refractivity contribution in [3.8, 4) is 10.6 Å². The molecule has 4 nitrogen and oxygen atoms in total. The van der Waals surface area contributed by atoms with E-state index in [9.17, 15) is 4.79 Å². The summed E-state index contributed by atoms with van der Waals surface area (Å²) in [5.41, 5.74) is 6.75. The molecule has 0 bridgehead atoms. The maximum atomic E-state index is 11.9. The summed E-state index contributed by atoms with van der Waals surface area (Å²) in [5, 5.41) is 3.44. The van der Waals surface area contributed by atoms with Gasteiger partial charge in [0.05, 0.1) is 16.6 Å². The number of rotatable bonds is 5. The summed E-state index contributed by atoms with van der Waals surface area (Å²) in [6.45, 7) is 6.10. The monoisotopic (exact) mass is 345 g/mol. The predicted octanol–water partition coefficient (Wildman–Crippen LogP) is 3.98. The molecule has 2 heterocycles. The Bertz CT molecular complexity index is 609. The lowest BCUT2D eigenvalue weighted by atomic mass is 10.2. The molecule has 1 atom stereocenters. The number of thiophene rings is 1. The van der Waals surface area contributed by atoms with Crippen molar-refractivity contribution >= 4 is 46.1 Å². The number of carbonyl (C=O) groups excluding carboxylic acids is 1. The fraction of sp³-hybridized carbons (Fsp3) is 0.429. The van der Waals surface area contributed by atoms with Gasteiger partial charge in [-0.3, -0.25) is 4.79 Å². The highest BCUT2D eigenvalue weighted by Gasteiger charge is 2.16. The lowest BCUT2D eigenvalue weighted by Crippen LogP contribution is -2.35. The predicted molar refractivity (Wildman–Crippen MR) is 93.7 cm³/mol. The van der Waals surface area contributed by atoms with Gasteiger partial charge in [0.1, 0.15) is 0 Å². The smallest absolute Gasteiger partial charge is 0.243 e. The second kappa shape index (κ2) is 7.89. The minimum atomic E-state index is -0.461. The average Bonchev–Trinajstić information content (AvgIpc) is 2.96. The van der Waals surface area contributed by atoms with Crippen molar-refractivity contribution in [1.29, 1.82) is 0 Å². The Morgan fingerprint density at radius 2 is 2.10 bits per heavy atom. The first-order valence-corrected chi connectivity index (χ1v) is 8.25. The van der Waals surface area contributed by atoms with Crippen LogP contribution in [0.1, 0.15) is 29.5 Å². The summed E-state index contributed by atoms with van der Waals surface area (Å²) in [5.74, 6) is -0.158. The van der Waals surface area contributed by atoms with E-state index in [2.05, 4.69) is 29.4 Å². The van der Waals surface area contributed by atoms with E-state index in [-0.39, 0.29) is 18.3 Å². The number of carbonyl (C=O) groups is 1. The van der Waals surface area contributed by atoms with E-state index < -0.39 is 6.04 Å². The highest BCUT2D eigenvalue weighted by Crippen LogP contribution is 2.34. The van der Waals surface area contributed by atoms with E-state index in [0.717, 1.165) is 21.9 Å². The molecule has 0 aromatic carbocycles. The topological polar surface area (TPSA) is 68.0 Å². The second-order valence-corrected chi connectivity index (χ2v) is 7.21. The Morgan fingerprint density at radius 3 is 2.67 bits per heavy atom. The van der Waals surface area contributed by atoms with Gasteiger partial charge in [-0.2, -0.15) is 0 Å². The fourth-order valence-electron chi connectivity index (χ4n) is 1.88. The summed E-state index contributed by atoms with van der Waals surface area (Å²) >= 11 is 3.20. The van der Waals surface area contributed by atoms with Gasteiger partial charge in [-0.1, -0.05) is 13.3 Å². The van der Waals surface area contributed by atoms with Crippen LogP contribution in [-0.2, 0) is 4.79 Å². The van der Waals surface area contributed by atoms with E-state index >= 15 is 0 Å². The third-order valence-corrected chi connectivity index (χ3v) is 4.83. The molecule has 0 fully saturated rings. The normalized spacial score (nSPS) is 11.8. The molecule has 21 heavy (non-hydrogen) atoms. The number of amides is 1. The van der Waals surface area contributed by atoms with Crippen molar-refractivity contribution in [3.05, 3.63) is 21.9 Å². The Labute approximate surface area is 139 Å². The van der Waals surface area contributed by atoms with Gasteiger partial charge in [-0.25, -0.2) is 4.98 Å². The molecule has 2 aromatic heterocycles. The van der Waals surface area contributed by atoms with Gasteiger partial charge in [-0.15, -0.1) is 35.1 Å². The van der Waals surface area contributed by atoms with Crippen LogP contribution in [0.4, 0.5) is 5.13 Å². The van der Waals surface area contributed by atoms with Crippen molar-refractivity contribution in [2.24, 2.45) is 5.73 Å². The molecule has 0 aliphatic rings. The van der Waals surface area contributed by atoms with Crippen molar-refractivity contribution in [2.45, 2.75) is 39.7 Å². The van der Waals surface area contributed by atoms with Crippen molar-refractivity contribution in [3.63, 3.8) is 0 Å². The summed E-state index contributed by atoms with van der Waals surface area (Å²) in [4.78, 5) is 19.9. The minimum Gasteiger partial charge on any atom is -0.320 e. The fourth-order valence-corrected chi connectivity index (χ4v) is 3.69. The molecular formula is C14H20ClN3OS2. The van der Waals surface area contributed by atoms with Gasteiger partial charge in [0.15, 0.2) is 5.13 Å². The summed E-state index contributed by atoms with van der Waals surface area (Å²) in [6, 6.07) is 3.68. The van der Waals surface area contributed by atoms with Gasteiger partial charge >= 0.3 is 0 Å². The van der Waals surface area contributed by atoms with E-state index in [4.69, 9.17) is 5.73 Å². The largest absolute Gasteiger partial charge is 0.320 e. The number of thiazole rings is 1. The molecule has 0 aliphatic carbocycles. The number of nitrogens with one attached hydrogen (secondary N) is 1. The van der Waals surface area contributed by atoms with Gasteiger partial charge in [0, 0.05) is 9.75 Å². The third kappa shape index (κ3) is 4.51. The lowest BCUT2D eigenvalue weighted by molar-refractivity contribution is -0.117. The molecule has 1 amide bonds. The van der Waals surface area contributed by atoms with Crippen LogP contribution in [0.3, 0.4) is 0 Å². The first-order chi connectivity index (χ1) is 9.51. The van der Waals surface area contributed by atoms with Crippen LogP contribution >= 0.6 is 35.1 Å². The third-order valence-electron chi connectivity index (χ3n) is 2.94. The highest BCUT2D eigenvalue weighted by molar-refractivity contribution is 7.18. The average molecular weight is 346 g/mol. The van der Waals surface area contributed by atoms with E-state index in [0.29, 0.717) is 11.6 Å². The number of hydrogen-bond donors (Lipinski definition) is 2. The van der Waals surface area contributed by atoms with Crippen LogP contribution in [0, 0.1) is 13.8 Å². The van der Waals surface area contributed by atoms with E-state index in [1.165, 1.54) is 16.2 Å². The molecule has 0 saturated carbocycles. The first-order valence-electron chi connectivity index (χ1n) is 6.62. The number of aryl methyl sites for hydroxylation is 2. The lowest BCUT2D eigenvalue weighted by Gasteiger charge is -2.08. The molecule has 0 spiro atoms. The number of halogens is 1. The molecule has 2 aromatic rings. The maximum Gasteiger partial charge on any atom is 0.243 e. The van der Waals surface area contributed by atoms with Gasteiger partial charge < -0.3 is 11.1 Å². The molecule has 3 N–H and O–H groups in total. The van der Waals surface area contributed by atoms with Crippen molar-refractivity contribution < 1.29 is 4.79 Å². The first kappa shape index (κ1) is 18.1. The Morgan fingerprint density at radius 1 is 1.38 bits per heavy atom. The number of anilines is 1. The number of nitrogens with zero attached hydrogens (tertiary/aromatic N) is 1. The molecular weight excluding hydrogens is 326 g/mol. The Balaban J connectivity index is 0.00000220. The van der Waals surface area contributed by atoms with Crippen LogP contribution in [0.5, 0.6) is 0 Å². The van der Waals surface area contributed by atoms with Crippen molar-refractivity contribution in [2.75, 3.05) is 5.32 Å². The Kier molecular flexibility index (Phi) is 6.80. The maximum absolute atomic E-state index is 11.9. The Hall–Kier alpha value is -0.950. The van der Waals surface area contributed by atoms with Crippen molar-refractivity contribution in [1.82, 2.24) is 4.98 Å². The summed E-state index contributed by atoms with van der Waals surface area (Å²) < 4.78 is 0. The van der Waals surface area contributed by atoms with Gasteiger partial charge in [0.25, 0.3) is 0 Å². The zero-order chi connectivity index (χ0) is 14.7. The van der Waals surface area contributed by atoms with Crippen LogP contribution in [0.25, 0.3) is 10.6 Å². The SMILES string of the molecule is CCCC(N)C(=O)Nc1nc(-c2ccc(C)s2)c(C)s1.Cl. The molecule has 0 radical (unpaired) electrons. The molecule has 0 saturated heterocycles. The zero-order valence-corrected chi connectivity index (χ0v) is 14.8. The second-order valence-electron chi connectivity index (χ2n) is 4.72. The molecule has 7 heteroatoms. The minimum absolute atomic E-state index is 0. The van der Waals surface area contributed by atoms with Crippen LogP contribution in [0.2, 0.25) is 0 Å². The highest BCUT2D eigenvalue weighted by atomic mass is 35.5. The van der Waals surface area contributed by atoms with Crippen LogP contribution in [0.15, 0.2) is 12.1 Å². The zero-order valence-electron chi connectivity index (χ0n) is 12.3. The summed E-state index contributed by atoms with van der Waals surface area (Å²) in [7, 11) is 0. The van der Waals surface area contributed by atoms with Gasteiger partial charge in [-0.05, 0) is 32.4 Å². The number of hydrogen-bond acceptors (Lipinski definition) is 5. The quantitative estimate of drug-likeness (QED) is 0.861. The van der Waals surface area contributed by atoms with Crippen LogP contribution < -0.4 is 11.1 Å². The van der Waals surface area contributed by atoms with Gasteiger partial charge in [0.2, 0.25) is 5.91 Å². The molecule has 0 aliphatic heterocycles. The van der Waals surface area contributed by atoms with E-state index in [1.54, 1.807) is 11.3 Å². The van der Waals surface area contributed by atoms with Crippen LogP contribution in [-0.4, -0.2) is 16.9 Å². The summed E-state index contributed by atoms with van der Waals surface area (Å²) in [6.07, 6.45) is 1.58. The molecule has 2 rings (SSSR count). The van der Waals surface area contributed by atoms with E-state index in [1.807, 2.05) is 13.8 Å².